The molecule has 1 atom stereocenters. The lowest BCUT2D eigenvalue weighted by atomic mass is 10.1. The van der Waals surface area contributed by atoms with Crippen LogP contribution in [0.5, 0.6) is 0 Å². The van der Waals surface area contributed by atoms with Crippen LogP contribution in [-0.4, -0.2) is 41.3 Å². The lowest BCUT2D eigenvalue weighted by molar-refractivity contribution is -0.140. The van der Waals surface area contributed by atoms with Crippen molar-refractivity contribution < 1.29 is 19.8 Å². The molecule has 0 fully saturated rings. The number of unbranched alkanes of at least 4 members (excludes halogenated alkanes) is 5. The van der Waals surface area contributed by atoms with E-state index in [2.05, 4.69) is 5.32 Å². The van der Waals surface area contributed by atoms with E-state index in [1.54, 1.807) is 0 Å². The van der Waals surface area contributed by atoms with Crippen molar-refractivity contribution in [1.29, 1.82) is 0 Å². The first kappa shape index (κ1) is 18.9. The van der Waals surface area contributed by atoms with Gasteiger partial charge in [-0.2, -0.15) is 0 Å². The minimum Gasteiger partial charge on any atom is -0.481 e. The van der Waals surface area contributed by atoms with Crippen molar-refractivity contribution in [2.75, 3.05) is 13.1 Å². The molecule has 0 bridgehead atoms. The fraction of sp³-hybridized carbons (Fsp3) is 0.857. The number of carboxylic acid groups (broad SMARTS) is 2. The number of hydrogen-bond acceptors (Lipinski definition) is 4. The number of hydrogen-bond donors (Lipinski definition) is 4. The summed E-state index contributed by atoms with van der Waals surface area (Å²) in [4.78, 5) is 21.3. The average molecular weight is 288 g/mol. The average Bonchev–Trinajstić information content (AvgIpc) is 2.39. The molecule has 0 heterocycles. The van der Waals surface area contributed by atoms with Crippen molar-refractivity contribution in [1.82, 2.24) is 5.32 Å². The van der Waals surface area contributed by atoms with E-state index in [0.717, 1.165) is 44.9 Å². The van der Waals surface area contributed by atoms with E-state index in [0.29, 0.717) is 19.5 Å². The van der Waals surface area contributed by atoms with Crippen molar-refractivity contribution in [2.45, 2.75) is 63.8 Å². The van der Waals surface area contributed by atoms with Gasteiger partial charge < -0.3 is 21.3 Å². The highest BCUT2D eigenvalue weighted by Crippen LogP contribution is 2.06. The van der Waals surface area contributed by atoms with E-state index in [1.807, 2.05) is 0 Å². The van der Waals surface area contributed by atoms with Crippen molar-refractivity contribution in [2.24, 2.45) is 5.73 Å². The molecule has 0 aromatic heterocycles. The summed E-state index contributed by atoms with van der Waals surface area (Å²) in [5, 5.41) is 20.6. The largest absolute Gasteiger partial charge is 0.481 e. The smallest absolute Gasteiger partial charge is 0.320 e. The molecule has 0 amide bonds. The molecule has 0 aromatic rings. The van der Waals surface area contributed by atoms with E-state index >= 15 is 0 Å². The highest BCUT2D eigenvalue weighted by atomic mass is 16.4. The van der Waals surface area contributed by atoms with E-state index in [9.17, 15) is 9.59 Å². The Balaban J connectivity index is 3.49. The van der Waals surface area contributed by atoms with Crippen LogP contribution >= 0.6 is 0 Å². The summed E-state index contributed by atoms with van der Waals surface area (Å²) in [6, 6.07) is -0.478. The molecule has 0 unspecified atom stereocenters. The van der Waals surface area contributed by atoms with Crippen LogP contribution in [0.1, 0.15) is 57.8 Å². The van der Waals surface area contributed by atoms with Crippen molar-refractivity contribution >= 4 is 11.9 Å². The first-order chi connectivity index (χ1) is 9.57. The van der Waals surface area contributed by atoms with Crippen molar-refractivity contribution in [3.63, 3.8) is 0 Å². The second-order valence-corrected chi connectivity index (χ2v) is 5.04. The first-order valence-corrected chi connectivity index (χ1v) is 7.46. The third kappa shape index (κ3) is 11.9. The van der Waals surface area contributed by atoms with Gasteiger partial charge in [0.1, 0.15) is 6.04 Å². The Morgan fingerprint density at radius 3 is 2.20 bits per heavy atom. The Labute approximate surface area is 120 Å². The van der Waals surface area contributed by atoms with Crippen LogP contribution in [-0.2, 0) is 9.59 Å². The summed E-state index contributed by atoms with van der Waals surface area (Å²) in [6.07, 6.45) is 7.11. The monoisotopic (exact) mass is 288 g/mol. The normalized spacial score (nSPS) is 12.2. The van der Waals surface area contributed by atoms with Crippen LogP contribution in [0.2, 0.25) is 0 Å². The Hall–Kier alpha value is -1.14. The van der Waals surface area contributed by atoms with Crippen LogP contribution in [0, 0.1) is 0 Å². The van der Waals surface area contributed by atoms with E-state index in [4.69, 9.17) is 15.9 Å². The summed E-state index contributed by atoms with van der Waals surface area (Å²) < 4.78 is 0. The molecule has 0 aliphatic carbocycles. The van der Waals surface area contributed by atoms with Gasteiger partial charge in [0.25, 0.3) is 0 Å². The van der Waals surface area contributed by atoms with Crippen LogP contribution < -0.4 is 11.1 Å². The molecule has 5 N–H and O–H groups in total. The maximum absolute atomic E-state index is 11.0. The predicted octanol–water partition coefficient (Wildman–Crippen LogP) is 1.58. The highest BCUT2D eigenvalue weighted by Gasteiger charge is 2.15. The van der Waals surface area contributed by atoms with Crippen LogP contribution in [0.25, 0.3) is 0 Å². The molecule has 0 saturated carbocycles. The molecule has 0 aromatic carbocycles. The van der Waals surface area contributed by atoms with Gasteiger partial charge in [-0.3, -0.25) is 9.59 Å². The van der Waals surface area contributed by atoms with Crippen LogP contribution in [0.4, 0.5) is 0 Å². The SMILES string of the molecule is NCCCC[C@H](NCCCCCCCC(=O)O)C(=O)O. The molecule has 0 spiro atoms. The standard InChI is InChI=1S/C14H28N2O4/c15-10-6-5-8-12(14(19)20)16-11-7-3-1-2-4-9-13(17)18/h12,16H,1-11,15H2,(H,17,18)(H,19,20)/t12-/m0/s1. The van der Waals surface area contributed by atoms with E-state index < -0.39 is 18.0 Å². The summed E-state index contributed by atoms with van der Waals surface area (Å²) >= 11 is 0. The van der Waals surface area contributed by atoms with Crippen molar-refractivity contribution in [3.05, 3.63) is 0 Å². The van der Waals surface area contributed by atoms with E-state index in [-0.39, 0.29) is 6.42 Å². The zero-order valence-electron chi connectivity index (χ0n) is 12.1. The lowest BCUT2D eigenvalue weighted by Gasteiger charge is -2.14. The van der Waals surface area contributed by atoms with Gasteiger partial charge in [0.05, 0.1) is 0 Å². The second-order valence-electron chi connectivity index (χ2n) is 5.04. The molecule has 6 heteroatoms. The molecule has 118 valence electrons. The second kappa shape index (κ2) is 12.9. The molecule has 20 heavy (non-hydrogen) atoms. The van der Waals surface area contributed by atoms with Gasteiger partial charge in [-0.25, -0.2) is 0 Å². The Morgan fingerprint density at radius 1 is 0.950 bits per heavy atom. The summed E-state index contributed by atoms with van der Waals surface area (Å²) in [6.45, 7) is 1.29. The highest BCUT2D eigenvalue weighted by molar-refractivity contribution is 5.73. The molecule has 0 aliphatic heterocycles. The van der Waals surface area contributed by atoms with Gasteiger partial charge in [-0.1, -0.05) is 25.7 Å². The summed E-state index contributed by atoms with van der Waals surface area (Å²) in [7, 11) is 0. The Morgan fingerprint density at radius 2 is 1.60 bits per heavy atom. The number of carboxylic acids is 2. The number of rotatable bonds is 14. The minimum absolute atomic E-state index is 0.237. The fourth-order valence-electron chi connectivity index (χ4n) is 2.01. The van der Waals surface area contributed by atoms with Crippen LogP contribution in [0.15, 0.2) is 0 Å². The first-order valence-electron chi connectivity index (χ1n) is 7.46. The summed E-state index contributed by atoms with van der Waals surface area (Å²) in [5.41, 5.74) is 5.38. The number of nitrogens with two attached hydrogens (primary N) is 1. The van der Waals surface area contributed by atoms with Crippen molar-refractivity contribution in [3.8, 4) is 0 Å². The summed E-state index contributed by atoms with van der Waals surface area (Å²) in [5.74, 6) is -1.54. The molecule has 0 saturated heterocycles. The van der Waals surface area contributed by atoms with Gasteiger partial charge in [0, 0.05) is 6.42 Å². The van der Waals surface area contributed by atoms with E-state index in [1.165, 1.54) is 0 Å². The lowest BCUT2D eigenvalue weighted by Crippen LogP contribution is -2.37. The van der Waals surface area contributed by atoms with Gasteiger partial charge in [0.2, 0.25) is 0 Å². The Kier molecular flexibility index (Phi) is 12.1. The predicted molar refractivity (Wildman–Crippen MR) is 77.7 cm³/mol. The topological polar surface area (TPSA) is 113 Å². The molecule has 0 aliphatic rings. The minimum atomic E-state index is -0.802. The molecule has 0 rings (SSSR count). The quantitative estimate of drug-likeness (QED) is 0.361. The fourth-order valence-corrected chi connectivity index (χ4v) is 2.01. The molecular formula is C14H28N2O4. The van der Waals surface area contributed by atoms with Gasteiger partial charge >= 0.3 is 11.9 Å². The zero-order chi connectivity index (χ0) is 15.2. The molecule has 6 nitrogen and oxygen atoms in total. The molecular weight excluding hydrogens is 260 g/mol. The third-order valence-corrected chi connectivity index (χ3v) is 3.20. The number of carbonyl (C=O) groups is 2. The van der Waals surface area contributed by atoms with Gasteiger partial charge in [0.15, 0.2) is 0 Å². The van der Waals surface area contributed by atoms with Crippen LogP contribution in [0.3, 0.4) is 0 Å². The number of nitrogens with one attached hydrogen (secondary N) is 1. The molecule has 0 radical (unpaired) electrons. The maximum atomic E-state index is 11.0. The van der Waals surface area contributed by atoms with Gasteiger partial charge in [-0.15, -0.1) is 0 Å². The maximum Gasteiger partial charge on any atom is 0.320 e. The Bertz CT molecular complexity index is 272. The third-order valence-electron chi connectivity index (χ3n) is 3.20. The van der Waals surface area contributed by atoms with Gasteiger partial charge in [-0.05, 0) is 38.8 Å². The number of aliphatic carboxylic acids is 2. The zero-order valence-corrected chi connectivity index (χ0v) is 12.1.